The third-order valence-corrected chi connectivity index (χ3v) is 2.93. The van der Waals surface area contributed by atoms with Crippen LogP contribution in [0.2, 0.25) is 0 Å². The van der Waals surface area contributed by atoms with E-state index in [0.29, 0.717) is 6.54 Å². The quantitative estimate of drug-likeness (QED) is 0.802. The maximum absolute atomic E-state index is 5.60. The normalized spacial score (nSPS) is 17.5. The molecule has 0 aromatic carbocycles. The number of nitrogens with two attached hydrogens (primary N) is 1. The fraction of sp³-hybridized carbons (Fsp3) is 0.583. The number of nitrogens with zero attached hydrogens (tertiary/aromatic N) is 2. The summed E-state index contributed by atoms with van der Waals surface area (Å²) < 4.78 is 0. The van der Waals surface area contributed by atoms with Gasteiger partial charge in [-0.05, 0) is 25.0 Å². The van der Waals surface area contributed by atoms with E-state index >= 15 is 0 Å². The van der Waals surface area contributed by atoms with Crippen LogP contribution in [0.1, 0.15) is 31.4 Å². The topological polar surface area (TPSA) is 42.1 Å². The maximum Gasteiger partial charge on any atom is 0.128 e. The van der Waals surface area contributed by atoms with Crippen LogP contribution >= 0.6 is 0 Å². The van der Waals surface area contributed by atoms with Gasteiger partial charge < -0.3 is 10.6 Å². The Morgan fingerprint density at radius 2 is 1.87 bits per heavy atom. The molecule has 2 rings (SSSR count). The van der Waals surface area contributed by atoms with Crippen LogP contribution in [0.3, 0.4) is 0 Å². The molecule has 1 aliphatic heterocycles. The molecule has 1 aromatic rings. The van der Waals surface area contributed by atoms with Crippen LogP contribution in [0.4, 0.5) is 5.82 Å². The minimum absolute atomic E-state index is 0.529. The molecule has 0 saturated carbocycles. The Morgan fingerprint density at radius 3 is 2.53 bits per heavy atom. The Hall–Kier alpha value is -1.09. The van der Waals surface area contributed by atoms with E-state index in [1.807, 2.05) is 6.07 Å². The summed E-state index contributed by atoms with van der Waals surface area (Å²) in [6.45, 7) is 2.81. The first-order valence-electron chi connectivity index (χ1n) is 5.81. The molecule has 0 spiro atoms. The molecule has 1 saturated heterocycles. The predicted octanol–water partition coefficient (Wildman–Crippen LogP) is 1.92. The van der Waals surface area contributed by atoms with E-state index in [2.05, 4.69) is 22.0 Å². The molecule has 0 radical (unpaired) electrons. The van der Waals surface area contributed by atoms with Crippen molar-refractivity contribution >= 4 is 5.82 Å². The number of rotatable bonds is 2. The molecule has 82 valence electrons. The van der Waals surface area contributed by atoms with Crippen molar-refractivity contribution in [2.45, 2.75) is 32.2 Å². The smallest absolute Gasteiger partial charge is 0.128 e. The van der Waals surface area contributed by atoms with Crippen LogP contribution in [0.15, 0.2) is 18.2 Å². The van der Waals surface area contributed by atoms with E-state index in [0.717, 1.165) is 24.6 Å². The molecule has 15 heavy (non-hydrogen) atoms. The first kappa shape index (κ1) is 10.4. The second-order valence-electron chi connectivity index (χ2n) is 4.09. The van der Waals surface area contributed by atoms with Gasteiger partial charge in [-0.1, -0.05) is 18.9 Å². The molecule has 1 aromatic heterocycles. The van der Waals surface area contributed by atoms with Crippen molar-refractivity contribution in [3.8, 4) is 0 Å². The summed E-state index contributed by atoms with van der Waals surface area (Å²) >= 11 is 0. The van der Waals surface area contributed by atoms with Gasteiger partial charge in [-0.3, -0.25) is 0 Å². The van der Waals surface area contributed by atoms with Crippen LogP contribution in [0.25, 0.3) is 0 Å². The van der Waals surface area contributed by atoms with Crippen molar-refractivity contribution in [3.05, 3.63) is 23.9 Å². The number of aromatic nitrogens is 1. The highest BCUT2D eigenvalue weighted by Crippen LogP contribution is 2.17. The Labute approximate surface area is 91.3 Å². The summed E-state index contributed by atoms with van der Waals surface area (Å²) in [6.07, 6.45) is 5.28. The maximum atomic E-state index is 5.60. The highest BCUT2D eigenvalue weighted by Gasteiger charge is 2.10. The van der Waals surface area contributed by atoms with E-state index in [9.17, 15) is 0 Å². The molecule has 1 aliphatic rings. The van der Waals surface area contributed by atoms with Gasteiger partial charge in [0, 0.05) is 19.6 Å². The molecule has 0 atom stereocenters. The number of hydrogen-bond donors (Lipinski definition) is 1. The zero-order valence-corrected chi connectivity index (χ0v) is 9.15. The summed E-state index contributed by atoms with van der Waals surface area (Å²) in [6, 6.07) is 6.13. The van der Waals surface area contributed by atoms with E-state index in [1.54, 1.807) is 0 Å². The van der Waals surface area contributed by atoms with Gasteiger partial charge in [0.2, 0.25) is 0 Å². The molecule has 3 nitrogen and oxygen atoms in total. The lowest BCUT2D eigenvalue weighted by atomic mass is 10.2. The standard InChI is InChI=1S/C12H19N3/c13-10-11-6-5-7-12(14-11)15-8-3-1-2-4-9-15/h5-7H,1-4,8-10,13H2. The molecule has 0 bridgehead atoms. The molecular formula is C12H19N3. The lowest BCUT2D eigenvalue weighted by molar-refractivity contribution is 0.726. The average Bonchev–Trinajstić information content (AvgIpc) is 2.58. The fourth-order valence-corrected chi connectivity index (χ4v) is 2.06. The van der Waals surface area contributed by atoms with E-state index < -0.39 is 0 Å². The van der Waals surface area contributed by atoms with Crippen molar-refractivity contribution < 1.29 is 0 Å². The summed E-state index contributed by atoms with van der Waals surface area (Å²) in [5, 5.41) is 0. The van der Waals surface area contributed by atoms with Gasteiger partial charge in [-0.2, -0.15) is 0 Å². The first-order chi connectivity index (χ1) is 7.40. The highest BCUT2D eigenvalue weighted by molar-refractivity contribution is 5.39. The molecule has 3 heteroatoms. The average molecular weight is 205 g/mol. The van der Waals surface area contributed by atoms with Crippen molar-refractivity contribution in [1.82, 2.24) is 4.98 Å². The van der Waals surface area contributed by atoms with Crippen molar-refractivity contribution in [2.75, 3.05) is 18.0 Å². The van der Waals surface area contributed by atoms with Gasteiger partial charge in [-0.25, -0.2) is 4.98 Å². The summed E-state index contributed by atoms with van der Waals surface area (Å²) in [7, 11) is 0. The van der Waals surface area contributed by atoms with Gasteiger partial charge in [-0.15, -0.1) is 0 Å². The Balaban J connectivity index is 2.12. The Morgan fingerprint density at radius 1 is 1.13 bits per heavy atom. The molecule has 2 N–H and O–H groups in total. The van der Waals surface area contributed by atoms with Crippen LogP contribution in [-0.4, -0.2) is 18.1 Å². The predicted molar refractivity (Wildman–Crippen MR) is 62.8 cm³/mol. The van der Waals surface area contributed by atoms with Crippen LogP contribution in [0, 0.1) is 0 Å². The van der Waals surface area contributed by atoms with Crippen LogP contribution in [-0.2, 0) is 6.54 Å². The summed E-state index contributed by atoms with van der Waals surface area (Å²) in [4.78, 5) is 6.94. The van der Waals surface area contributed by atoms with Gasteiger partial charge in [0.05, 0.1) is 5.69 Å². The Kier molecular flexibility index (Phi) is 3.56. The van der Waals surface area contributed by atoms with Crippen LogP contribution < -0.4 is 10.6 Å². The third kappa shape index (κ3) is 2.69. The summed E-state index contributed by atoms with van der Waals surface area (Å²) in [5.41, 5.74) is 6.58. The second kappa shape index (κ2) is 5.12. The van der Waals surface area contributed by atoms with Gasteiger partial charge in [0.15, 0.2) is 0 Å². The fourth-order valence-electron chi connectivity index (χ4n) is 2.06. The van der Waals surface area contributed by atoms with Gasteiger partial charge in [0.1, 0.15) is 5.82 Å². The Bertz CT molecular complexity index is 303. The molecule has 0 aliphatic carbocycles. The SMILES string of the molecule is NCc1cccc(N2CCCCCC2)n1. The van der Waals surface area contributed by atoms with E-state index in [1.165, 1.54) is 25.7 Å². The van der Waals surface area contributed by atoms with Crippen molar-refractivity contribution in [2.24, 2.45) is 5.73 Å². The number of pyridine rings is 1. The second-order valence-corrected chi connectivity index (χ2v) is 4.09. The number of hydrogen-bond acceptors (Lipinski definition) is 3. The third-order valence-electron chi connectivity index (χ3n) is 2.93. The summed E-state index contributed by atoms with van der Waals surface area (Å²) in [5.74, 6) is 1.10. The molecular weight excluding hydrogens is 186 g/mol. The largest absolute Gasteiger partial charge is 0.357 e. The number of anilines is 1. The lowest BCUT2D eigenvalue weighted by Gasteiger charge is -2.21. The van der Waals surface area contributed by atoms with E-state index in [-0.39, 0.29) is 0 Å². The minimum Gasteiger partial charge on any atom is -0.357 e. The molecule has 0 amide bonds. The highest BCUT2D eigenvalue weighted by atomic mass is 15.2. The molecule has 0 unspecified atom stereocenters. The van der Waals surface area contributed by atoms with Crippen molar-refractivity contribution in [3.63, 3.8) is 0 Å². The van der Waals surface area contributed by atoms with Crippen molar-refractivity contribution in [1.29, 1.82) is 0 Å². The lowest BCUT2D eigenvalue weighted by Crippen LogP contribution is -2.25. The minimum atomic E-state index is 0.529. The van der Waals surface area contributed by atoms with Crippen LogP contribution in [0.5, 0.6) is 0 Å². The monoisotopic (exact) mass is 205 g/mol. The van der Waals surface area contributed by atoms with E-state index in [4.69, 9.17) is 5.73 Å². The molecule has 2 heterocycles. The zero-order valence-electron chi connectivity index (χ0n) is 9.15. The van der Waals surface area contributed by atoms with Gasteiger partial charge in [0.25, 0.3) is 0 Å². The zero-order chi connectivity index (χ0) is 10.5. The first-order valence-corrected chi connectivity index (χ1v) is 5.81. The molecule has 1 fully saturated rings. The van der Waals surface area contributed by atoms with Gasteiger partial charge >= 0.3 is 0 Å².